The lowest BCUT2D eigenvalue weighted by Gasteiger charge is -2.09. The number of benzene rings is 1. The molecule has 7 heteroatoms. The van der Waals surface area contributed by atoms with Crippen molar-refractivity contribution < 1.29 is 14.3 Å². The van der Waals surface area contributed by atoms with Crippen LogP contribution in [0.2, 0.25) is 5.02 Å². The number of nitrogen functional groups attached to an aromatic ring is 1. The summed E-state index contributed by atoms with van der Waals surface area (Å²) in [6.45, 7) is 1.11. The molecule has 110 valence electrons. The van der Waals surface area contributed by atoms with Crippen LogP contribution in [-0.4, -0.2) is 38.6 Å². The lowest BCUT2D eigenvalue weighted by Crippen LogP contribution is -2.32. The molecule has 0 radical (unpaired) electrons. The van der Waals surface area contributed by atoms with Crippen LogP contribution in [0.4, 0.5) is 5.69 Å². The number of ether oxygens (including phenoxy) is 1. The Hall–Kier alpha value is -1.79. The normalized spacial score (nSPS) is 10.1. The number of methoxy groups -OCH3 is 1. The lowest BCUT2D eigenvalue weighted by atomic mass is 10.1. The van der Waals surface area contributed by atoms with E-state index in [1.165, 1.54) is 0 Å². The highest BCUT2D eigenvalue weighted by Crippen LogP contribution is 2.21. The Morgan fingerprint density at radius 3 is 2.70 bits per heavy atom. The second kappa shape index (κ2) is 8.39. The van der Waals surface area contributed by atoms with Crippen molar-refractivity contribution in [2.75, 3.05) is 32.5 Å². The van der Waals surface area contributed by atoms with E-state index in [-0.39, 0.29) is 29.5 Å². The predicted molar refractivity (Wildman–Crippen MR) is 77.7 cm³/mol. The molecule has 0 aliphatic carbocycles. The summed E-state index contributed by atoms with van der Waals surface area (Å²) < 4.78 is 4.81. The van der Waals surface area contributed by atoms with Crippen LogP contribution in [0.15, 0.2) is 18.2 Å². The number of hydrogen-bond acceptors (Lipinski definition) is 4. The third kappa shape index (κ3) is 5.07. The first-order valence-corrected chi connectivity index (χ1v) is 6.52. The lowest BCUT2D eigenvalue weighted by molar-refractivity contribution is -0.121. The molecule has 0 heterocycles. The molecule has 0 unspecified atom stereocenters. The molecule has 0 aliphatic rings. The minimum absolute atomic E-state index is 0.158. The van der Waals surface area contributed by atoms with Gasteiger partial charge in [0.25, 0.3) is 5.91 Å². The van der Waals surface area contributed by atoms with E-state index < -0.39 is 5.91 Å². The molecule has 0 atom stereocenters. The fourth-order valence-corrected chi connectivity index (χ4v) is 1.81. The molecule has 2 amide bonds. The average molecular weight is 300 g/mol. The summed E-state index contributed by atoms with van der Waals surface area (Å²) in [5.41, 5.74) is 6.23. The van der Waals surface area contributed by atoms with Gasteiger partial charge in [-0.2, -0.15) is 0 Å². The van der Waals surface area contributed by atoms with Gasteiger partial charge in [-0.3, -0.25) is 9.59 Å². The van der Waals surface area contributed by atoms with Gasteiger partial charge in [-0.15, -0.1) is 0 Å². The van der Waals surface area contributed by atoms with Crippen molar-refractivity contribution in [1.29, 1.82) is 0 Å². The molecular weight excluding hydrogens is 282 g/mol. The molecule has 0 fully saturated rings. The van der Waals surface area contributed by atoms with Gasteiger partial charge in [0.05, 0.1) is 17.2 Å². The second-order valence-corrected chi connectivity index (χ2v) is 4.46. The molecule has 0 saturated heterocycles. The molecule has 0 saturated carbocycles. The van der Waals surface area contributed by atoms with Gasteiger partial charge in [-0.1, -0.05) is 17.7 Å². The smallest absolute Gasteiger partial charge is 0.254 e. The van der Waals surface area contributed by atoms with Gasteiger partial charge in [-0.05, 0) is 12.1 Å². The number of carbonyl (C=O) groups is 2. The van der Waals surface area contributed by atoms with Crippen LogP contribution >= 0.6 is 11.6 Å². The molecule has 0 spiro atoms. The van der Waals surface area contributed by atoms with Crippen molar-refractivity contribution in [3.05, 3.63) is 28.8 Å². The molecular formula is C13H18ClN3O3. The Balaban J connectivity index is 2.39. The summed E-state index contributed by atoms with van der Waals surface area (Å²) in [7, 11) is 1.56. The van der Waals surface area contributed by atoms with Crippen molar-refractivity contribution in [1.82, 2.24) is 10.6 Å². The molecule has 1 rings (SSSR count). The van der Waals surface area contributed by atoms with E-state index in [2.05, 4.69) is 10.6 Å². The maximum absolute atomic E-state index is 11.9. The largest absolute Gasteiger partial charge is 0.398 e. The SMILES string of the molecule is COCCNC(=O)CCNC(=O)c1c(N)cccc1Cl. The summed E-state index contributed by atoms with van der Waals surface area (Å²) in [6.07, 6.45) is 0.180. The highest BCUT2D eigenvalue weighted by molar-refractivity contribution is 6.34. The number of hydrogen-bond donors (Lipinski definition) is 3. The third-order valence-electron chi connectivity index (χ3n) is 2.54. The molecule has 4 N–H and O–H groups in total. The topological polar surface area (TPSA) is 93.5 Å². The van der Waals surface area contributed by atoms with Gasteiger partial charge in [-0.25, -0.2) is 0 Å². The van der Waals surface area contributed by atoms with E-state index in [9.17, 15) is 9.59 Å². The van der Waals surface area contributed by atoms with E-state index in [4.69, 9.17) is 22.1 Å². The number of amides is 2. The number of carbonyl (C=O) groups excluding carboxylic acids is 2. The molecule has 0 aromatic heterocycles. The average Bonchev–Trinajstić information content (AvgIpc) is 2.39. The number of anilines is 1. The first kappa shape index (κ1) is 16.3. The van der Waals surface area contributed by atoms with Crippen molar-refractivity contribution >= 4 is 29.1 Å². The van der Waals surface area contributed by atoms with Crippen molar-refractivity contribution in [3.8, 4) is 0 Å². The van der Waals surface area contributed by atoms with Gasteiger partial charge in [0.2, 0.25) is 5.91 Å². The number of halogens is 1. The van der Waals surface area contributed by atoms with Gasteiger partial charge >= 0.3 is 0 Å². The van der Waals surface area contributed by atoms with Crippen LogP contribution < -0.4 is 16.4 Å². The summed E-state index contributed by atoms with van der Waals surface area (Å²) in [6, 6.07) is 4.85. The van der Waals surface area contributed by atoms with Crippen LogP contribution in [0.3, 0.4) is 0 Å². The zero-order valence-electron chi connectivity index (χ0n) is 11.2. The fourth-order valence-electron chi connectivity index (χ4n) is 1.54. The maximum atomic E-state index is 11.9. The third-order valence-corrected chi connectivity index (χ3v) is 2.85. The molecule has 20 heavy (non-hydrogen) atoms. The van der Waals surface area contributed by atoms with E-state index in [0.29, 0.717) is 18.8 Å². The number of rotatable bonds is 7. The molecule has 1 aromatic rings. The standard InChI is InChI=1S/C13H18ClN3O3/c1-20-8-7-16-11(18)5-6-17-13(19)12-9(14)3-2-4-10(12)15/h2-4H,5-8,15H2,1H3,(H,16,18)(H,17,19). The van der Waals surface area contributed by atoms with E-state index in [1.807, 2.05) is 0 Å². The Labute approximate surface area is 122 Å². The Morgan fingerprint density at radius 1 is 1.30 bits per heavy atom. The number of nitrogens with two attached hydrogens (primary N) is 1. The zero-order valence-corrected chi connectivity index (χ0v) is 12.0. The van der Waals surface area contributed by atoms with Gasteiger partial charge in [0, 0.05) is 32.3 Å². The molecule has 0 aliphatic heterocycles. The molecule has 0 bridgehead atoms. The van der Waals surface area contributed by atoms with Crippen LogP contribution in [0.25, 0.3) is 0 Å². The summed E-state index contributed by atoms with van der Waals surface area (Å²) >= 11 is 5.92. The minimum atomic E-state index is -0.391. The van der Waals surface area contributed by atoms with E-state index >= 15 is 0 Å². The maximum Gasteiger partial charge on any atom is 0.254 e. The monoisotopic (exact) mass is 299 g/mol. The second-order valence-electron chi connectivity index (χ2n) is 4.05. The van der Waals surface area contributed by atoms with Crippen LogP contribution in [0, 0.1) is 0 Å². The van der Waals surface area contributed by atoms with Gasteiger partial charge in [0.1, 0.15) is 0 Å². The summed E-state index contributed by atoms with van der Waals surface area (Å²) in [5.74, 6) is -0.549. The zero-order chi connectivity index (χ0) is 15.0. The molecule has 1 aromatic carbocycles. The predicted octanol–water partition coefficient (Wildman–Crippen LogP) is 0.805. The van der Waals surface area contributed by atoms with Crippen LogP contribution in [-0.2, 0) is 9.53 Å². The van der Waals surface area contributed by atoms with E-state index in [0.717, 1.165) is 0 Å². The minimum Gasteiger partial charge on any atom is -0.398 e. The first-order chi connectivity index (χ1) is 9.56. The summed E-state index contributed by atoms with van der Waals surface area (Å²) in [5, 5.41) is 5.54. The van der Waals surface area contributed by atoms with Crippen LogP contribution in [0.1, 0.15) is 16.8 Å². The highest BCUT2D eigenvalue weighted by Gasteiger charge is 2.13. The van der Waals surface area contributed by atoms with Crippen molar-refractivity contribution in [2.45, 2.75) is 6.42 Å². The van der Waals surface area contributed by atoms with Crippen molar-refractivity contribution in [2.24, 2.45) is 0 Å². The Bertz CT molecular complexity index is 460. The number of nitrogens with one attached hydrogen (secondary N) is 2. The summed E-state index contributed by atoms with van der Waals surface area (Å²) in [4.78, 5) is 23.3. The van der Waals surface area contributed by atoms with Gasteiger partial charge in [0.15, 0.2) is 0 Å². The quantitative estimate of drug-likeness (QED) is 0.513. The highest BCUT2D eigenvalue weighted by atomic mass is 35.5. The van der Waals surface area contributed by atoms with Crippen molar-refractivity contribution in [3.63, 3.8) is 0 Å². The fraction of sp³-hybridized carbons (Fsp3) is 0.385. The van der Waals surface area contributed by atoms with E-state index in [1.54, 1.807) is 25.3 Å². The molecule has 6 nitrogen and oxygen atoms in total. The van der Waals surface area contributed by atoms with Crippen LogP contribution in [0.5, 0.6) is 0 Å². The Morgan fingerprint density at radius 2 is 2.05 bits per heavy atom. The Kier molecular flexibility index (Phi) is 6.83. The first-order valence-electron chi connectivity index (χ1n) is 6.14. The van der Waals surface area contributed by atoms with Gasteiger partial charge < -0.3 is 21.1 Å².